The van der Waals surface area contributed by atoms with Crippen molar-refractivity contribution in [3.05, 3.63) is 58.5 Å². The minimum atomic E-state index is -0.543. The number of ether oxygens (including phenoxy) is 2. The van der Waals surface area contributed by atoms with Crippen molar-refractivity contribution in [1.29, 1.82) is 0 Å². The van der Waals surface area contributed by atoms with Gasteiger partial charge in [-0.3, -0.25) is 9.69 Å². The molecule has 5 nitrogen and oxygen atoms in total. The van der Waals surface area contributed by atoms with Gasteiger partial charge in [-0.05, 0) is 36.8 Å². The number of anilines is 1. The van der Waals surface area contributed by atoms with E-state index in [0.29, 0.717) is 27.9 Å². The van der Waals surface area contributed by atoms with Crippen LogP contribution in [0.5, 0.6) is 11.5 Å². The molecule has 0 N–H and O–H groups in total. The first kappa shape index (κ1) is 21.2. The third kappa shape index (κ3) is 4.41. The highest BCUT2D eigenvalue weighted by Gasteiger charge is 2.32. The molecule has 0 bridgehead atoms. The molecule has 0 radical (unpaired) electrons. The summed E-state index contributed by atoms with van der Waals surface area (Å²) in [6.45, 7) is 2.04. The first-order chi connectivity index (χ1) is 14.0. The largest absolute Gasteiger partial charge is 0.493 e. The number of benzene rings is 2. The van der Waals surface area contributed by atoms with Crippen LogP contribution in [0.25, 0.3) is 6.08 Å². The normalized spacial score (nSPS) is 15.1. The van der Waals surface area contributed by atoms with E-state index in [1.165, 1.54) is 42.0 Å². The molecular formula is C21H20ClFN2O3S. The Kier molecular flexibility index (Phi) is 6.82. The van der Waals surface area contributed by atoms with Gasteiger partial charge < -0.3 is 9.47 Å². The van der Waals surface area contributed by atoms with E-state index in [-0.39, 0.29) is 16.6 Å². The highest BCUT2D eigenvalue weighted by Crippen LogP contribution is 2.35. The topological polar surface area (TPSA) is 51.1 Å². The van der Waals surface area contributed by atoms with E-state index in [9.17, 15) is 9.18 Å². The summed E-state index contributed by atoms with van der Waals surface area (Å²) < 4.78 is 24.3. The first-order valence-corrected chi connectivity index (χ1v) is 10.3. The van der Waals surface area contributed by atoms with Gasteiger partial charge in [0.25, 0.3) is 5.91 Å². The summed E-state index contributed by atoms with van der Waals surface area (Å²) in [4.78, 5) is 19.1. The van der Waals surface area contributed by atoms with Crippen LogP contribution in [-0.2, 0) is 4.79 Å². The number of halogens is 2. The van der Waals surface area contributed by atoms with Crippen molar-refractivity contribution >= 4 is 46.2 Å². The molecule has 0 unspecified atom stereocenters. The SMILES string of the molecule is CCCSC1=NC(=Cc2cccc(OC)c2OC)C(=O)N1c1ccc(F)c(Cl)c1. The maximum atomic E-state index is 13.6. The Hall–Kier alpha value is -2.51. The zero-order valence-corrected chi connectivity index (χ0v) is 17.8. The molecule has 3 rings (SSSR count). The van der Waals surface area contributed by atoms with E-state index in [4.69, 9.17) is 21.1 Å². The fourth-order valence-corrected chi connectivity index (χ4v) is 3.85. The fourth-order valence-electron chi connectivity index (χ4n) is 2.81. The number of carbonyl (C=O) groups is 1. The summed E-state index contributed by atoms with van der Waals surface area (Å²) in [6.07, 6.45) is 2.57. The molecule has 0 saturated carbocycles. The number of aliphatic imine (C=N–C) groups is 1. The van der Waals surface area contributed by atoms with E-state index in [2.05, 4.69) is 4.99 Å². The number of amidine groups is 1. The van der Waals surface area contributed by atoms with Gasteiger partial charge in [0.15, 0.2) is 16.7 Å². The highest BCUT2D eigenvalue weighted by atomic mass is 35.5. The molecule has 2 aromatic carbocycles. The maximum absolute atomic E-state index is 13.6. The quantitative estimate of drug-likeness (QED) is 0.572. The van der Waals surface area contributed by atoms with Crippen LogP contribution in [0.1, 0.15) is 18.9 Å². The van der Waals surface area contributed by atoms with Crippen molar-refractivity contribution < 1.29 is 18.7 Å². The number of hydrogen-bond acceptors (Lipinski definition) is 5. The summed E-state index contributed by atoms with van der Waals surface area (Å²) >= 11 is 7.38. The fraction of sp³-hybridized carbons (Fsp3) is 0.238. The van der Waals surface area contributed by atoms with E-state index >= 15 is 0 Å². The van der Waals surface area contributed by atoms with Crippen LogP contribution in [0, 0.1) is 5.82 Å². The molecule has 8 heteroatoms. The van der Waals surface area contributed by atoms with Crippen molar-refractivity contribution in [2.75, 3.05) is 24.9 Å². The van der Waals surface area contributed by atoms with Gasteiger partial charge in [0, 0.05) is 11.3 Å². The van der Waals surface area contributed by atoms with Crippen LogP contribution >= 0.6 is 23.4 Å². The minimum Gasteiger partial charge on any atom is -0.493 e. The van der Waals surface area contributed by atoms with Crippen molar-refractivity contribution in [3.8, 4) is 11.5 Å². The lowest BCUT2D eigenvalue weighted by Crippen LogP contribution is -2.30. The van der Waals surface area contributed by atoms with Crippen molar-refractivity contribution in [2.24, 2.45) is 4.99 Å². The monoisotopic (exact) mass is 434 g/mol. The van der Waals surface area contributed by atoms with Gasteiger partial charge in [0.2, 0.25) is 0 Å². The summed E-state index contributed by atoms with van der Waals surface area (Å²) in [5.41, 5.74) is 1.37. The number of hydrogen-bond donors (Lipinski definition) is 0. The molecule has 0 spiro atoms. The van der Waals surface area contributed by atoms with E-state index in [0.717, 1.165) is 12.2 Å². The van der Waals surface area contributed by atoms with Crippen LogP contribution in [0.2, 0.25) is 5.02 Å². The van der Waals surface area contributed by atoms with Crippen molar-refractivity contribution in [2.45, 2.75) is 13.3 Å². The lowest BCUT2D eigenvalue weighted by Gasteiger charge is -2.18. The summed E-state index contributed by atoms with van der Waals surface area (Å²) in [5.74, 6) is 0.984. The number of rotatable bonds is 6. The zero-order chi connectivity index (χ0) is 21.0. The van der Waals surface area contributed by atoms with Gasteiger partial charge in [-0.25, -0.2) is 9.38 Å². The number of thioether (sulfide) groups is 1. The average Bonchev–Trinajstić information content (AvgIpc) is 3.03. The van der Waals surface area contributed by atoms with Gasteiger partial charge in [0.1, 0.15) is 11.5 Å². The predicted octanol–water partition coefficient (Wildman–Crippen LogP) is 5.38. The zero-order valence-electron chi connectivity index (χ0n) is 16.2. The van der Waals surface area contributed by atoms with Crippen LogP contribution in [0.4, 0.5) is 10.1 Å². The average molecular weight is 435 g/mol. The summed E-state index contributed by atoms with van der Waals surface area (Å²) in [5, 5.41) is 0.467. The molecule has 1 amide bonds. The molecule has 0 aromatic heterocycles. The molecule has 0 atom stereocenters. The number of amides is 1. The summed E-state index contributed by atoms with van der Waals surface area (Å²) in [6, 6.07) is 9.56. The second-order valence-corrected chi connectivity index (χ2v) is 7.56. The van der Waals surface area contributed by atoms with Crippen LogP contribution in [0.15, 0.2) is 47.1 Å². The third-order valence-electron chi connectivity index (χ3n) is 4.15. The molecule has 0 aliphatic carbocycles. The molecule has 0 saturated heterocycles. The Morgan fingerprint density at radius 1 is 1.24 bits per heavy atom. The Morgan fingerprint density at radius 3 is 2.69 bits per heavy atom. The Balaban J connectivity index is 2.05. The van der Waals surface area contributed by atoms with Crippen LogP contribution < -0.4 is 14.4 Å². The molecule has 1 heterocycles. The molecular weight excluding hydrogens is 415 g/mol. The van der Waals surface area contributed by atoms with Crippen molar-refractivity contribution in [3.63, 3.8) is 0 Å². The van der Waals surface area contributed by atoms with Gasteiger partial charge in [-0.1, -0.05) is 42.4 Å². The maximum Gasteiger partial charge on any atom is 0.283 e. The number of methoxy groups -OCH3 is 2. The Bertz CT molecular complexity index is 994. The standard InChI is InChI=1S/C21H20ClFN2O3S/c1-4-10-29-21-24-17(11-13-6-5-7-18(27-2)19(13)28-3)20(26)25(21)14-8-9-16(23)15(22)12-14/h5-9,11-12H,4,10H2,1-3H3. The first-order valence-electron chi connectivity index (χ1n) is 8.93. The van der Waals surface area contributed by atoms with E-state index in [1.807, 2.05) is 13.0 Å². The van der Waals surface area contributed by atoms with E-state index < -0.39 is 5.82 Å². The lowest BCUT2D eigenvalue weighted by atomic mass is 10.1. The van der Waals surface area contributed by atoms with Gasteiger partial charge in [-0.15, -0.1) is 0 Å². The summed E-state index contributed by atoms with van der Waals surface area (Å²) in [7, 11) is 3.09. The minimum absolute atomic E-state index is 0.0537. The lowest BCUT2D eigenvalue weighted by molar-refractivity contribution is -0.113. The number of carbonyl (C=O) groups excluding carboxylic acids is 1. The number of nitrogens with zero attached hydrogens (tertiary/aromatic N) is 2. The van der Waals surface area contributed by atoms with Gasteiger partial charge >= 0.3 is 0 Å². The molecule has 29 heavy (non-hydrogen) atoms. The molecule has 152 valence electrons. The molecule has 1 aliphatic heterocycles. The van der Waals surface area contributed by atoms with Crippen molar-refractivity contribution in [1.82, 2.24) is 0 Å². The molecule has 0 fully saturated rings. The van der Waals surface area contributed by atoms with Crippen LogP contribution in [-0.4, -0.2) is 31.0 Å². The van der Waals surface area contributed by atoms with Gasteiger partial charge in [-0.2, -0.15) is 0 Å². The Morgan fingerprint density at radius 2 is 2.03 bits per heavy atom. The second-order valence-electron chi connectivity index (χ2n) is 6.09. The molecule has 1 aliphatic rings. The third-order valence-corrected chi connectivity index (χ3v) is 5.59. The predicted molar refractivity (Wildman–Crippen MR) is 117 cm³/mol. The Labute approximate surface area is 178 Å². The number of para-hydroxylation sites is 1. The van der Waals surface area contributed by atoms with E-state index in [1.54, 1.807) is 25.3 Å². The van der Waals surface area contributed by atoms with Gasteiger partial charge in [0.05, 0.1) is 24.9 Å². The molecule has 2 aromatic rings. The smallest absolute Gasteiger partial charge is 0.283 e. The highest BCUT2D eigenvalue weighted by molar-refractivity contribution is 8.14. The second kappa shape index (κ2) is 9.33. The van der Waals surface area contributed by atoms with Crippen LogP contribution in [0.3, 0.4) is 0 Å².